The minimum Gasteiger partial charge on any atom is -0.444 e. The van der Waals surface area contributed by atoms with E-state index in [1.165, 1.54) is 0 Å². The topological polar surface area (TPSA) is 96.7 Å². The molecule has 0 radical (unpaired) electrons. The van der Waals surface area contributed by atoms with Crippen molar-refractivity contribution in [3.63, 3.8) is 0 Å². The number of alkyl carbamates (subject to hydrolysis) is 1. The van der Waals surface area contributed by atoms with E-state index < -0.39 is 11.7 Å². The van der Waals surface area contributed by atoms with Crippen LogP contribution in [0.5, 0.6) is 0 Å². The highest BCUT2D eigenvalue weighted by atomic mass is 16.6. The number of carbonyl (C=O) groups excluding carboxylic acids is 2. The van der Waals surface area contributed by atoms with Crippen molar-refractivity contribution < 1.29 is 18.8 Å². The van der Waals surface area contributed by atoms with Gasteiger partial charge in [-0.3, -0.25) is 9.69 Å². The van der Waals surface area contributed by atoms with Crippen molar-refractivity contribution in [3.8, 4) is 0 Å². The molecule has 1 aromatic heterocycles. The molecule has 1 aliphatic heterocycles. The number of hydrogen-bond donors (Lipinski definition) is 2. The quantitative estimate of drug-likeness (QED) is 0.844. The number of piperidine rings is 1. The highest BCUT2D eigenvalue weighted by Gasteiger charge is 2.26. The summed E-state index contributed by atoms with van der Waals surface area (Å²) in [6.45, 7) is 8.80. The molecule has 8 heteroatoms. The Morgan fingerprint density at radius 2 is 2.16 bits per heavy atom. The van der Waals surface area contributed by atoms with E-state index in [0.29, 0.717) is 18.1 Å². The Bertz CT molecular complexity index is 594. The molecule has 0 bridgehead atoms. The van der Waals surface area contributed by atoms with Crippen molar-refractivity contribution >= 4 is 17.8 Å². The molecule has 1 atom stereocenters. The zero-order valence-corrected chi connectivity index (χ0v) is 15.4. The van der Waals surface area contributed by atoms with Gasteiger partial charge < -0.3 is 19.9 Å². The first-order chi connectivity index (χ1) is 11.7. The van der Waals surface area contributed by atoms with E-state index in [4.69, 9.17) is 9.26 Å². The van der Waals surface area contributed by atoms with Crippen LogP contribution in [0.15, 0.2) is 10.6 Å². The highest BCUT2D eigenvalue weighted by molar-refractivity contribution is 5.91. The van der Waals surface area contributed by atoms with Crippen LogP contribution in [0.3, 0.4) is 0 Å². The molecular weight excluding hydrogens is 324 g/mol. The van der Waals surface area contributed by atoms with Crippen molar-refractivity contribution in [1.82, 2.24) is 15.4 Å². The number of hydrogen-bond acceptors (Lipinski definition) is 6. The van der Waals surface area contributed by atoms with Gasteiger partial charge in [-0.1, -0.05) is 11.6 Å². The standard InChI is InChI=1S/C17H28N4O4/c1-12-9-14(20-25-12)19-15(22)11-21-8-6-5-7-13(21)10-18-16(23)24-17(2,3)4/h9,13H,5-8,10-11H2,1-4H3,(H,18,23)(H,19,20,22). The molecule has 1 fully saturated rings. The summed E-state index contributed by atoms with van der Waals surface area (Å²) in [5.74, 6) is 0.924. The molecule has 1 aliphatic rings. The Balaban J connectivity index is 1.83. The van der Waals surface area contributed by atoms with Gasteiger partial charge in [0.2, 0.25) is 5.91 Å². The second-order valence-corrected chi connectivity index (χ2v) is 7.37. The Labute approximate surface area is 148 Å². The summed E-state index contributed by atoms with van der Waals surface area (Å²) in [6.07, 6.45) is 2.63. The predicted molar refractivity (Wildman–Crippen MR) is 93.3 cm³/mol. The normalized spacial score (nSPS) is 18.6. The molecule has 2 N–H and O–H groups in total. The van der Waals surface area contributed by atoms with Crippen molar-refractivity contribution in [2.45, 2.75) is 58.6 Å². The molecule has 8 nitrogen and oxygen atoms in total. The second kappa shape index (κ2) is 8.33. The second-order valence-electron chi connectivity index (χ2n) is 7.37. The lowest BCUT2D eigenvalue weighted by Gasteiger charge is -2.35. The number of carbonyl (C=O) groups is 2. The van der Waals surface area contributed by atoms with Gasteiger partial charge in [0.1, 0.15) is 11.4 Å². The fourth-order valence-corrected chi connectivity index (χ4v) is 2.81. The number of likely N-dealkylation sites (tertiary alicyclic amines) is 1. The van der Waals surface area contributed by atoms with Gasteiger partial charge in [0.15, 0.2) is 5.82 Å². The van der Waals surface area contributed by atoms with E-state index in [1.54, 1.807) is 13.0 Å². The average Bonchev–Trinajstić information content (AvgIpc) is 2.89. The van der Waals surface area contributed by atoms with Gasteiger partial charge in [-0.2, -0.15) is 0 Å². The number of ether oxygens (including phenoxy) is 1. The van der Waals surface area contributed by atoms with Crippen LogP contribution in [0, 0.1) is 6.92 Å². The van der Waals surface area contributed by atoms with Gasteiger partial charge >= 0.3 is 6.09 Å². The maximum absolute atomic E-state index is 12.2. The lowest BCUT2D eigenvalue weighted by Crippen LogP contribution is -2.49. The molecule has 2 heterocycles. The summed E-state index contributed by atoms with van der Waals surface area (Å²) < 4.78 is 10.2. The maximum Gasteiger partial charge on any atom is 0.407 e. The monoisotopic (exact) mass is 352 g/mol. The lowest BCUT2D eigenvalue weighted by molar-refractivity contribution is -0.118. The fraction of sp³-hybridized carbons (Fsp3) is 0.706. The number of aromatic nitrogens is 1. The summed E-state index contributed by atoms with van der Waals surface area (Å²) in [7, 11) is 0. The number of nitrogens with one attached hydrogen (secondary N) is 2. The van der Waals surface area contributed by atoms with Crippen LogP contribution in [0.4, 0.5) is 10.6 Å². The molecule has 0 aliphatic carbocycles. The first-order valence-corrected chi connectivity index (χ1v) is 8.67. The number of rotatable bonds is 5. The number of anilines is 1. The van der Waals surface area contributed by atoms with Crippen LogP contribution < -0.4 is 10.6 Å². The summed E-state index contributed by atoms with van der Waals surface area (Å²) in [5, 5.41) is 9.29. The van der Waals surface area contributed by atoms with Gasteiger partial charge in [-0.25, -0.2) is 4.79 Å². The highest BCUT2D eigenvalue weighted by Crippen LogP contribution is 2.17. The number of nitrogens with zero attached hydrogens (tertiary/aromatic N) is 2. The Hall–Kier alpha value is -2.09. The van der Waals surface area contributed by atoms with E-state index in [9.17, 15) is 9.59 Å². The Morgan fingerprint density at radius 3 is 2.80 bits per heavy atom. The SMILES string of the molecule is Cc1cc(NC(=O)CN2CCCCC2CNC(=O)OC(C)(C)C)no1. The largest absolute Gasteiger partial charge is 0.444 e. The average molecular weight is 352 g/mol. The van der Waals surface area contributed by atoms with Crippen LogP contribution in [-0.2, 0) is 9.53 Å². The van der Waals surface area contributed by atoms with Gasteiger partial charge in [-0.15, -0.1) is 0 Å². The predicted octanol–water partition coefficient (Wildman–Crippen LogP) is 2.30. The molecule has 0 aromatic carbocycles. The van der Waals surface area contributed by atoms with Gasteiger partial charge in [-0.05, 0) is 47.1 Å². The molecule has 140 valence electrons. The molecule has 1 unspecified atom stereocenters. The van der Waals surface area contributed by atoms with Crippen LogP contribution in [0.1, 0.15) is 45.8 Å². The van der Waals surface area contributed by atoms with E-state index in [-0.39, 0.29) is 18.5 Å². The smallest absolute Gasteiger partial charge is 0.407 e. The zero-order valence-electron chi connectivity index (χ0n) is 15.4. The van der Waals surface area contributed by atoms with Gasteiger partial charge in [0.05, 0.1) is 6.54 Å². The molecular formula is C17H28N4O4. The first kappa shape index (κ1) is 19.2. The van der Waals surface area contributed by atoms with Crippen LogP contribution >= 0.6 is 0 Å². The van der Waals surface area contributed by atoms with E-state index >= 15 is 0 Å². The third kappa shape index (κ3) is 6.74. The molecule has 2 rings (SSSR count). The molecule has 1 aromatic rings. The third-order valence-corrected chi connectivity index (χ3v) is 3.87. The van der Waals surface area contributed by atoms with Gasteiger partial charge in [0, 0.05) is 18.7 Å². The Morgan fingerprint density at radius 1 is 1.40 bits per heavy atom. The fourth-order valence-electron chi connectivity index (χ4n) is 2.81. The zero-order chi connectivity index (χ0) is 18.4. The number of aryl methyl sites for hydroxylation is 1. The van der Waals surface area contributed by atoms with Crippen molar-refractivity contribution in [1.29, 1.82) is 0 Å². The van der Waals surface area contributed by atoms with E-state index in [2.05, 4.69) is 20.7 Å². The van der Waals surface area contributed by atoms with Crippen LogP contribution in [0.2, 0.25) is 0 Å². The molecule has 1 saturated heterocycles. The summed E-state index contributed by atoms with van der Waals surface area (Å²) in [4.78, 5) is 26.1. The summed E-state index contributed by atoms with van der Waals surface area (Å²) >= 11 is 0. The van der Waals surface area contributed by atoms with Crippen molar-refractivity contribution in [2.75, 3.05) is 25.0 Å². The molecule has 0 saturated carbocycles. The minimum absolute atomic E-state index is 0.117. The van der Waals surface area contributed by atoms with Crippen LogP contribution in [0.25, 0.3) is 0 Å². The van der Waals surface area contributed by atoms with E-state index in [1.807, 2.05) is 20.8 Å². The molecule has 0 spiro atoms. The maximum atomic E-state index is 12.2. The summed E-state index contributed by atoms with van der Waals surface area (Å²) in [6, 6.07) is 1.79. The van der Waals surface area contributed by atoms with Crippen molar-refractivity contribution in [2.24, 2.45) is 0 Å². The Kier molecular flexibility index (Phi) is 6.41. The van der Waals surface area contributed by atoms with Crippen molar-refractivity contribution in [3.05, 3.63) is 11.8 Å². The molecule has 25 heavy (non-hydrogen) atoms. The first-order valence-electron chi connectivity index (χ1n) is 8.67. The van der Waals surface area contributed by atoms with Crippen LogP contribution in [-0.4, -0.2) is 53.3 Å². The number of amides is 2. The van der Waals surface area contributed by atoms with Gasteiger partial charge in [0.25, 0.3) is 0 Å². The summed E-state index contributed by atoms with van der Waals surface area (Å²) in [5.41, 5.74) is -0.522. The third-order valence-electron chi connectivity index (χ3n) is 3.87. The minimum atomic E-state index is -0.522. The molecule has 2 amide bonds. The van der Waals surface area contributed by atoms with E-state index in [0.717, 1.165) is 25.8 Å². The lowest BCUT2D eigenvalue weighted by atomic mass is 10.0.